The molecule has 0 bridgehead atoms. The minimum atomic E-state index is 0.221. The van der Waals surface area contributed by atoms with Crippen LogP contribution in [0.2, 0.25) is 0 Å². The molecule has 2 heteroatoms. The number of hydrogen-bond donors (Lipinski definition) is 1. The van der Waals surface area contributed by atoms with Crippen LogP contribution in [-0.2, 0) is 4.79 Å². The average Bonchev–Trinajstić information content (AvgIpc) is 2.99. The highest BCUT2D eigenvalue weighted by Gasteiger charge is 2.59. The van der Waals surface area contributed by atoms with Gasteiger partial charge in [0.15, 0.2) is 5.78 Å². The molecular formula is C26H43NO. The summed E-state index contributed by atoms with van der Waals surface area (Å²) in [6, 6.07) is 0. The van der Waals surface area contributed by atoms with E-state index in [2.05, 4.69) is 39.9 Å². The standard InChI is InChI=1S/C26H43NO/c1-17(2)7-6-8-18(3)21-9-10-22-20-16-27-24-15-19(28)11-13-26(24,5)23(20)12-14-25(21,22)4/h15,17-18,20-23,27H,6-14,16H2,1-5H3/t18-,20+,21-,22+,23+,25-,26-/m1/s1. The van der Waals surface area contributed by atoms with Crippen LogP contribution in [0.3, 0.4) is 0 Å². The third-order valence-corrected chi connectivity index (χ3v) is 9.80. The van der Waals surface area contributed by atoms with Crippen molar-refractivity contribution in [3.8, 4) is 0 Å². The van der Waals surface area contributed by atoms with Crippen molar-refractivity contribution < 1.29 is 4.79 Å². The van der Waals surface area contributed by atoms with Crippen LogP contribution < -0.4 is 5.32 Å². The zero-order chi connectivity index (χ0) is 20.1. The molecule has 0 amide bonds. The van der Waals surface area contributed by atoms with Crippen molar-refractivity contribution >= 4 is 5.78 Å². The molecule has 0 unspecified atom stereocenters. The molecule has 1 N–H and O–H groups in total. The van der Waals surface area contributed by atoms with Crippen LogP contribution in [0.5, 0.6) is 0 Å². The summed E-state index contributed by atoms with van der Waals surface area (Å²) in [5.74, 6) is 5.43. The molecule has 2 nitrogen and oxygen atoms in total. The number of fused-ring (bicyclic) bond motifs is 5. The average molecular weight is 386 g/mol. The minimum Gasteiger partial charge on any atom is -0.387 e. The predicted molar refractivity (Wildman–Crippen MR) is 117 cm³/mol. The van der Waals surface area contributed by atoms with Gasteiger partial charge in [-0.1, -0.05) is 53.9 Å². The van der Waals surface area contributed by atoms with Crippen LogP contribution in [0.1, 0.15) is 92.4 Å². The molecule has 4 aliphatic rings. The molecule has 0 radical (unpaired) electrons. The number of nitrogens with one attached hydrogen (secondary N) is 1. The molecule has 28 heavy (non-hydrogen) atoms. The van der Waals surface area contributed by atoms with E-state index in [1.807, 2.05) is 6.08 Å². The third kappa shape index (κ3) is 3.27. The van der Waals surface area contributed by atoms with Crippen molar-refractivity contribution in [1.82, 2.24) is 5.32 Å². The topological polar surface area (TPSA) is 29.1 Å². The van der Waals surface area contributed by atoms with Gasteiger partial charge in [-0.05, 0) is 73.0 Å². The van der Waals surface area contributed by atoms with Crippen LogP contribution in [0, 0.1) is 46.3 Å². The van der Waals surface area contributed by atoms with Gasteiger partial charge in [-0.15, -0.1) is 0 Å². The van der Waals surface area contributed by atoms with E-state index in [0.29, 0.717) is 11.2 Å². The lowest BCUT2D eigenvalue weighted by Crippen LogP contribution is -2.56. The largest absolute Gasteiger partial charge is 0.387 e. The van der Waals surface area contributed by atoms with E-state index >= 15 is 0 Å². The second-order valence-electron chi connectivity index (χ2n) is 11.7. The summed E-state index contributed by atoms with van der Waals surface area (Å²) in [5.41, 5.74) is 2.03. The molecule has 7 atom stereocenters. The zero-order valence-electron chi connectivity index (χ0n) is 19.0. The van der Waals surface area contributed by atoms with Crippen molar-refractivity contribution in [2.24, 2.45) is 46.3 Å². The van der Waals surface area contributed by atoms with Gasteiger partial charge in [0.1, 0.15) is 0 Å². The van der Waals surface area contributed by atoms with Gasteiger partial charge in [-0.25, -0.2) is 0 Å². The normalized spacial score (nSPS) is 43.6. The monoisotopic (exact) mass is 385 g/mol. The second kappa shape index (κ2) is 7.47. The summed E-state index contributed by atoms with van der Waals surface area (Å²) in [6.45, 7) is 13.5. The molecule has 1 heterocycles. The summed E-state index contributed by atoms with van der Waals surface area (Å²) < 4.78 is 0. The maximum absolute atomic E-state index is 12.0. The zero-order valence-corrected chi connectivity index (χ0v) is 19.0. The van der Waals surface area contributed by atoms with Crippen molar-refractivity contribution in [1.29, 1.82) is 0 Å². The first-order chi connectivity index (χ1) is 13.3. The number of allylic oxidation sites excluding steroid dienone is 2. The molecule has 4 rings (SSSR count). The number of carbonyl (C=O) groups is 1. The number of piperidine rings is 1. The quantitative estimate of drug-likeness (QED) is 0.596. The highest BCUT2D eigenvalue weighted by atomic mass is 16.1. The number of hydrogen-bond acceptors (Lipinski definition) is 2. The van der Waals surface area contributed by atoms with Gasteiger partial charge >= 0.3 is 0 Å². The molecule has 1 saturated heterocycles. The highest BCUT2D eigenvalue weighted by molar-refractivity contribution is 5.91. The summed E-state index contributed by atoms with van der Waals surface area (Å²) >= 11 is 0. The Kier molecular flexibility index (Phi) is 5.47. The van der Waals surface area contributed by atoms with E-state index < -0.39 is 0 Å². The Bertz CT molecular complexity index is 636. The lowest BCUT2D eigenvalue weighted by atomic mass is 9.49. The molecule has 3 aliphatic carbocycles. The van der Waals surface area contributed by atoms with Crippen LogP contribution in [0.4, 0.5) is 0 Å². The van der Waals surface area contributed by atoms with Gasteiger partial charge in [-0.2, -0.15) is 0 Å². The van der Waals surface area contributed by atoms with Gasteiger partial charge < -0.3 is 5.32 Å². The predicted octanol–water partition coefficient (Wildman–Crippen LogP) is 6.36. The maximum Gasteiger partial charge on any atom is 0.157 e. The van der Waals surface area contributed by atoms with E-state index in [1.54, 1.807) is 0 Å². The molecule has 1 aliphatic heterocycles. The Morgan fingerprint density at radius 2 is 1.86 bits per heavy atom. The lowest BCUT2D eigenvalue weighted by Gasteiger charge is -2.58. The number of rotatable bonds is 5. The number of carbonyl (C=O) groups excluding carboxylic acids is 1. The van der Waals surface area contributed by atoms with Crippen molar-refractivity contribution in [2.45, 2.75) is 92.4 Å². The summed E-state index contributed by atoms with van der Waals surface area (Å²) in [7, 11) is 0. The Morgan fingerprint density at radius 3 is 2.61 bits per heavy atom. The van der Waals surface area contributed by atoms with Crippen LogP contribution in [-0.4, -0.2) is 12.3 Å². The first kappa shape index (κ1) is 20.5. The molecule has 0 aromatic rings. The fraction of sp³-hybridized carbons (Fsp3) is 0.885. The first-order valence-electron chi connectivity index (χ1n) is 12.2. The third-order valence-electron chi connectivity index (χ3n) is 9.80. The van der Waals surface area contributed by atoms with E-state index in [1.165, 1.54) is 50.6 Å². The van der Waals surface area contributed by atoms with Crippen LogP contribution >= 0.6 is 0 Å². The van der Waals surface area contributed by atoms with Crippen molar-refractivity contribution in [2.75, 3.05) is 6.54 Å². The smallest absolute Gasteiger partial charge is 0.157 e. The first-order valence-corrected chi connectivity index (χ1v) is 12.2. The van der Waals surface area contributed by atoms with Gasteiger partial charge in [0, 0.05) is 30.2 Å². The van der Waals surface area contributed by atoms with E-state index in [4.69, 9.17) is 0 Å². The van der Waals surface area contributed by atoms with Crippen LogP contribution in [0.25, 0.3) is 0 Å². The Labute approximate surface area is 173 Å². The Hall–Kier alpha value is -0.790. The SMILES string of the molecule is CC(C)CCC[C@@H](C)[C@H]1CC[C@H]2[C@@H]3CNC4=CC(=O)CC[C@]4(C)[C@H]3CC[C@]12C. The molecule has 158 valence electrons. The second-order valence-corrected chi connectivity index (χ2v) is 11.7. The van der Waals surface area contributed by atoms with E-state index in [0.717, 1.165) is 54.9 Å². The fourth-order valence-electron chi connectivity index (χ4n) is 8.17. The van der Waals surface area contributed by atoms with Gasteiger partial charge in [0.2, 0.25) is 0 Å². The summed E-state index contributed by atoms with van der Waals surface area (Å²) in [5, 5.41) is 3.75. The molecular weight excluding hydrogens is 342 g/mol. The molecule has 0 aromatic carbocycles. The van der Waals surface area contributed by atoms with Crippen molar-refractivity contribution in [3.63, 3.8) is 0 Å². The fourth-order valence-corrected chi connectivity index (χ4v) is 8.17. The molecule has 3 fully saturated rings. The lowest BCUT2D eigenvalue weighted by molar-refractivity contribution is -0.117. The Balaban J connectivity index is 1.49. The molecule has 0 spiro atoms. The summed E-state index contributed by atoms with van der Waals surface area (Å²) in [6.07, 6.45) is 13.6. The molecule has 0 aromatic heterocycles. The maximum atomic E-state index is 12.0. The van der Waals surface area contributed by atoms with Gasteiger partial charge in [-0.3, -0.25) is 4.79 Å². The van der Waals surface area contributed by atoms with E-state index in [9.17, 15) is 4.79 Å². The van der Waals surface area contributed by atoms with Gasteiger partial charge in [0.05, 0.1) is 0 Å². The van der Waals surface area contributed by atoms with Crippen LogP contribution in [0.15, 0.2) is 11.8 Å². The van der Waals surface area contributed by atoms with Gasteiger partial charge in [0.25, 0.3) is 0 Å². The highest BCUT2D eigenvalue weighted by Crippen LogP contribution is 2.65. The molecule has 2 saturated carbocycles. The Morgan fingerprint density at radius 1 is 1.07 bits per heavy atom. The summed E-state index contributed by atoms with van der Waals surface area (Å²) in [4.78, 5) is 12.0. The van der Waals surface area contributed by atoms with Crippen molar-refractivity contribution in [3.05, 3.63) is 11.8 Å². The minimum absolute atomic E-state index is 0.221. The number of ketones is 1. The van der Waals surface area contributed by atoms with E-state index in [-0.39, 0.29) is 5.41 Å².